The van der Waals surface area contributed by atoms with Crippen LogP contribution in [-0.4, -0.2) is 65.4 Å². The second-order valence-corrected chi connectivity index (χ2v) is 8.32. The molecule has 2 aromatic heterocycles. The number of amides is 2. The number of anilines is 4. The van der Waals surface area contributed by atoms with Crippen molar-refractivity contribution in [1.82, 2.24) is 15.0 Å². The molecule has 29 heavy (non-hydrogen) atoms. The molecule has 2 amide bonds. The van der Waals surface area contributed by atoms with Crippen LogP contribution < -0.4 is 20.0 Å². The largest absolute Gasteiger partial charge is 0.372 e. The van der Waals surface area contributed by atoms with Gasteiger partial charge in [0.25, 0.3) is 0 Å². The van der Waals surface area contributed by atoms with E-state index in [1.165, 1.54) is 0 Å². The molecule has 2 aromatic rings. The van der Waals surface area contributed by atoms with Gasteiger partial charge in [0.2, 0.25) is 0 Å². The maximum Gasteiger partial charge on any atom is 0.329 e. The summed E-state index contributed by atoms with van der Waals surface area (Å²) in [5, 5.41) is 2.87. The molecular weight excluding hydrogens is 370 g/mol. The maximum atomic E-state index is 13.2. The highest BCUT2D eigenvalue weighted by Crippen LogP contribution is 2.40. The van der Waals surface area contributed by atoms with Crippen molar-refractivity contribution in [2.24, 2.45) is 0 Å². The van der Waals surface area contributed by atoms with Gasteiger partial charge in [-0.15, -0.1) is 0 Å². The lowest BCUT2D eigenvalue weighted by molar-refractivity contribution is -0.0279. The van der Waals surface area contributed by atoms with Crippen molar-refractivity contribution < 1.29 is 9.53 Å². The molecule has 3 aliphatic rings. The third kappa shape index (κ3) is 3.35. The molecule has 3 aliphatic heterocycles. The molecule has 9 nitrogen and oxygen atoms in total. The average Bonchev–Trinajstić information content (AvgIpc) is 3.12. The molecule has 2 bridgehead atoms. The van der Waals surface area contributed by atoms with E-state index in [1.807, 2.05) is 0 Å². The van der Waals surface area contributed by atoms with E-state index in [2.05, 4.69) is 51.1 Å². The summed E-state index contributed by atoms with van der Waals surface area (Å²) in [6.45, 7) is 8.14. The van der Waals surface area contributed by atoms with Gasteiger partial charge in [0.1, 0.15) is 5.82 Å². The minimum absolute atomic E-state index is 0.100. The lowest BCUT2D eigenvalue weighted by Crippen LogP contribution is -2.50. The first kappa shape index (κ1) is 18.1. The quantitative estimate of drug-likeness (QED) is 0.833. The Morgan fingerprint density at radius 3 is 2.93 bits per heavy atom. The minimum Gasteiger partial charge on any atom is -0.372 e. The SMILES string of the molecule is CC1(C)CN(c2ccc3c(n2)N(C(=O)Nc2cnccn2)C2CCN3C2)CCO1. The number of carbonyl (C=O) groups is 1. The van der Waals surface area contributed by atoms with Crippen molar-refractivity contribution >= 4 is 29.2 Å². The van der Waals surface area contributed by atoms with Crippen LogP contribution in [0.4, 0.5) is 27.9 Å². The first-order chi connectivity index (χ1) is 14.0. The number of urea groups is 1. The highest BCUT2D eigenvalue weighted by atomic mass is 16.5. The molecule has 0 aromatic carbocycles. The summed E-state index contributed by atoms with van der Waals surface area (Å²) in [6, 6.07) is 4.02. The Morgan fingerprint density at radius 2 is 2.14 bits per heavy atom. The van der Waals surface area contributed by atoms with Crippen LogP contribution in [0, 0.1) is 0 Å². The smallest absolute Gasteiger partial charge is 0.329 e. The van der Waals surface area contributed by atoms with Crippen LogP contribution in [0.1, 0.15) is 20.3 Å². The summed E-state index contributed by atoms with van der Waals surface area (Å²) in [4.78, 5) is 32.6. The second kappa shape index (κ2) is 6.84. The molecule has 1 N–H and O–H groups in total. The Morgan fingerprint density at radius 1 is 1.24 bits per heavy atom. The van der Waals surface area contributed by atoms with Crippen molar-refractivity contribution in [2.75, 3.05) is 52.8 Å². The summed E-state index contributed by atoms with van der Waals surface area (Å²) in [5.74, 6) is 2.02. The molecule has 2 saturated heterocycles. The Kier molecular flexibility index (Phi) is 4.27. The predicted molar refractivity (Wildman–Crippen MR) is 111 cm³/mol. The molecule has 0 saturated carbocycles. The van der Waals surface area contributed by atoms with Gasteiger partial charge in [-0.1, -0.05) is 0 Å². The van der Waals surface area contributed by atoms with Crippen LogP contribution in [0.3, 0.4) is 0 Å². The van der Waals surface area contributed by atoms with Gasteiger partial charge in [0, 0.05) is 38.6 Å². The number of ether oxygens (including phenoxy) is 1. The summed E-state index contributed by atoms with van der Waals surface area (Å²) >= 11 is 0. The van der Waals surface area contributed by atoms with Crippen molar-refractivity contribution in [1.29, 1.82) is 0 Å². The van der Waals surface area contributed by atoms with E-state index < -0.39 is 0 Å². The van der Waals surface area contributed by atoms with Gasteiger partial charge < -0.3 is 14.5 Å². The third-order valence-electron chi connectivity index (χ3n) is 5.70. The molecular formula is C20H25N7O2. The van der Waals surface area contributed by atoms with Gasteiger partial charge in [0.05, 0.1) is 30.1 Å². The summed E-state index contributed by atoms with van der Waals surface area (Å²) in [6.07, 6.45) is 5.61. The zero-order chi connectivity index (χ0) is 20.0. The van der Waals surface area contributed by atoms with E-state index in [0.29, 0.717) is 18.2 Å². The molecule has 9 heteroatoms. The highest BCUT2D eigenvalue weighted by Gasteiger charge is 2.41. The normalized spacial score (nSPS) is 22.4. The van der Waals surface area contributed by atoms with Crippen molar-refractivity contribution in [3.63, 3.8) is 0 Å². The van der Waals surface area contributed by atoms with E-state index in [4.69, 9.17) is 9.72 Å². The van der Waals surface area contributed by atoms with E-state index in [-0.39, 0.29) is 17.7 Å². The fourth-order valence-corrected chi connectivity index (χ4v) is 4.38. The van der Waals surface area contributed by atoms with Crippen LogP contribution in [0.25, 0.3) is 0 Å². The number of hydrogen-bond acceptors (Lipinski definition) is 7. The van der Waals surface area contributed by atoms with Crippen LogP contribution in [0.15, 0.2) is 30.7 Å². The number of nitrogens with zero attached hydrogens (tertiary/aromatic N) is 6. The molecule has 1 atom stereocenters. The lowest BCUT2D eigenvalue weighted by Gasteiger charge is -2.40. The van der Waals surface area contributed by atoms with E-state index in [9.17, 15) is 4.79 Å². The Bertz CT molecular complexity index is 920. The summed E-state index contributed by atoms with van der Waals surface area (Å²) in [7, 11) is 0. The fraction of sp³-hybridized carbons (Fsp3) is 0.500. The third-order valence-corrected chi connectivity index (χ3v) is 5.70. The number of carbonyl (C=O) groups excluding carboxylic acids is 1. The number of aromatic nitrogens is 3. The molecule has 1 unspecified atom stereocenters. The Balaban J connectivity index is 1.47. The predicted octanol–water partition coefficient (Wildman–Crippen LogP) is 2.12. The van der Waals surface area contributed by atoms with E-state index in [0.717, 1.165) is 44.1 Å². The molecule has 2 fully saturated rings. The molecule has 152 valence electrons. The molecule has 5 heterocycles. The van der Waals surface area contributed by atoms with Gasteiger partial charge in [-0.25, -0.2) is 14.8 Å². The Hall–Kier alpha value is -2.94. The standard InChI is InChI=1S/C20H25N7O2/c1-20(2)13-26(9-10-29-20)17-4-3-15-18(24-17)27(14-5-8-25(15)12-14)19(28)23-16-11-21-6-7-22-16/h3-4,6-7,11,14H,5,8-10,12-13H2,1-2H3,(H,22,23,28). The maximum absolute atomic E-state index is 13.2. The van der Waals surface area contributed by atoms with Crippen molar-refractivity contribution in [3.8, 4) is 0 Å². The molecule has 0 radical (unpaired) electrons. The number of pyridine rings is 1. The average molecular weight is 395 g/mol. The number of fused-ring (bicyclic) bond motifs is 4. The zero-order valence-corrected chi connectivity index (χ0v) is 16.7. The van der Waals surface area contributed by atoms with Crippen LogP contribution >= 0.6 is 0 Å². The van der Waals surface area contributed by atoms with Gasteiger partial charge in [-0.2, -0.15) is 0 Å². The monoisotopic (exact) mass is 395 g/mol. The fourth-order valence-electron chi connectivity index (χ4n) is 4.38. The second-order valence-electron chi connectivity index (χ2n) is 8.32. The summed E-state index contributed by atoms with van der Waals surface area (Å²) < 4.78 is 5.83. The van der Waals surface area contributed by atoms with Crippen molar-refractivity contribution in [2.45, 2.75) is 31.9 Å². The van der Waals surface area contributed by atoms with Crippen molar-refractivity contribution in [3.05, 3.63) is 30.7 Å². The molecule has 0 spiro atoms. The lowest BCUT2D eigenvalue weighted by atomic mass is 10.1. The number of rotatable bonds is 2. The van der Waals surface area contributed by atoms with Crippen LogP contribution in [0.2, 0.25) is 0 Å². The summed E-state index contributed by atoms with van der Waals surface area (Å²) in [5.41, 5.74) is 0.783. The molecule has 5 rings (SSSR count). The Labute approximate surface area is 169 Å². The number of nitrogens with one attached hydrogen (secondary N) is 1. The van der Waals surface area contributed by atoms with Gasteiger partial charge >= 0.3 is 6.03 Å². The van der Waals surface area contributed by atoms with Gasteiger partial charge in [-0.05, 0) is 32.4 Å². The number of morpholine rings is 1. The first-order valence-corrected chi connectivity index (χ1v) is 10.0. The van der Waals surface area contributed by atoms with E-state index >= 15 is 0 Å². The van der Waals surface area contributed by atoms with Crippen LogP contribution in [-0.2, 0) is 4.74 Å². The van der Waals surface area contributed by atoms with Gasteiger partial charge in [0.15, 0.2) is 11.6 Å². The zero-order valence-electron chi connectivity index (χ0n) is 16.7. The highest BCUT2D eigenvalue weighted by molar-refractivity contribution is 6.04. The number of hydrogen-bond donors (Lipinski definition) is 1. The first-order valence-electron chi connectivity index (χ1n) is 10.0. The van der Waals surface area contributed by atoms with Gasteiger partial charge in [-0.3, -0.25) is 15.2 Å². The van der Waals surface area contributed by atoms with Crippen LogP contribution in [0.5, 0.6) is 0 Å². The minimum atomic E-state index is -0.221. The molecule has 0 aliphatic carbocycles. The van der Waals surface area contributed by atoms with E-state index in [1.54, 1.807) is 23.5 Å². The topological polar surface area (TPSA) is 86.7 Å².